The van der Waals surface area contributed by atoms with Gasteiger partial charge in [-0.2, -0.15) is 8.42 Å². The van der Waals surface area contributed by atoms with E-state index in [9.17, 15) is 33.6 Å². The molecule has 1 aliphatic heterocycles. The number of aliphatic hydroxyl groups excluding tert-OH is 4. The number of benzene rings is 1. The van der Waals surface area contributed by atoms with Crippen molar-refractivity contribution in [1.82, 2.24) is 0 Å². The monoisotopic (exact) mass is 467 g/mol. The molecule has 0 aromatic heterocycles. The minimum atomic E-state index is -4.93. The second kappa shape index (κ2) is 11.0. The van der Waals surface area contributed by atoms with Gasteiger partial charge in [0.15, 0.2) is 0 Å². The van der Waals surface area contributed by atoms with Crippen LogP contribution in [0.3, 0.4) is 0 Å². The number of esters is 1. The van der Waals surface area contributed by atoms with Gasteiger partial charge in [0.2, 0.25) is 0 Å². The fourth-order valence-corrected chi connectivity index (χ4v) is 3.68. The highest BCUT2D eigenvalue weighted by Gasteiger charge is 2.44. The van der Waals surface area contributed by atoms with Crippen LogP contribution in [0.25, 0.3) is 0 Å². The van der Waals surface area contributed by atoms with E-state index in [-0.39, 0.29) is 23.6 Å². The Hall–Kier alpha value is -1.78. The molecule has 168 valence electrons. The van der Waals surface area contributed by atoms with Crippen LogP contribution in [0.15, 0.2) is 35.5 Å². The van der Waals surface area contributed by atoms with Gasteiger partial charge in [0.05, 0.1) is 18.8 Å². The highest BCUT2D eigenvalue weighted by atomic mass is 32.3. The molecule has 0 saturated carbocycles. The summed E-state index contributed by atoms with van der Waals surface area (Å²) in [5.74, 6) is -0.650. The lowest BCUT2D eigenvalue weighted by atomic mass is 10.0. The summed E-state index contributed by atoms with van der Waals surface area (Å²) in [5, 5.41) is 42.0. The Morgan fingerprint density at radius 2 is 1.80 bits per heavy atom. The van der Waals surface area contributed by atoms with E-state index < -0.39 is 52.8 Å². The van der Waals surface area contributed by atoms with Gasteiger partial charge in [0, 0.05) is 6.42 Å². The third kappa shape index (κ3) is 7.17. The van der Waals surface area contributed by atoms with Crippen LogP contribution in [0.2, 0.25) is 0 Å². The van der Waals surface area contributed by atoms with Crippen molar-refractivity contribution in [3.8, 4) is 0 Å². The molecule has 0 unspecified atom stereocenters. The van der Waals surface area contributed by atoms with E-state index >= 15 is 0 Å². The summed E-state index contributed by atoms with van der Waals surface area (Å²) in [7, 11) is -4.93. The first-order chi connectivity index (χ1) is 14.1. The normalized spacial score (nSPS) is 27.5. The predicted octanol–water partition coefficient (Wildman–Crippen LogP) is -1.10. The number of aliphatic hydroxyl groups is 4. The fourth-order valence-electron chi connectivity index (χ4n) is 2.40. The third-order valence-corrected chi connectivity index (χ3v) is 5.33. The second-order valence-corrected chi connectivity index (χ2v) is 8.23. The number of rotatable bonds is 8. The van der Waals surface area contributed by atoms with E-state index in [2.05, 4.69) is 9.44 Å². The lowest BCUT2D eigenvalue weighted by Crippen LogP contribution is -2.57. The predicted molar refractivity (Wildman–Crippen MR) is 103 cm³/mol. The van der Waals surface area contributed by atoms with Crippen LogP contribution in [0.1, 0.15) is 16.8 Å². The summed E-state index contributed by atoms with van der Waals surface area (Å²) in [6.45, 7) is -0.934. The zero-order valence-corrected chi connectivity index (χ0v) is 17.0. The topological polar surface area (TPSA) is 192 Å². The molecule has 0 amide bonds. The van der Waals surface area contributed by atoms with Crippen molar-refractivity contribution in [2.45, 2.75) is 36.3 Å². The summed E-state index contributed by atoms with van der Waals surface area (Å²) in [6, 6.07) is 8.05. The van der Waals surface area contributed by atoms with Crippen LogP contribution in [-0.4, -0.2) is 87.5 Å². The van der Waals surface area contributed by atoms with Crippen molar-refractivity contribution in [2.75, 3.05) is 13.2 Å². The Balaban J connectivity index is 2.05. The minimum absolute atomic E-state index is 0.183. The third-order valence-electron chi connectivity index (χ3n) is 3.89. The first-order valence-electron chi connectivity index (χ1n) is 8.54. The maximum atomic E-state index is 12.0. The zero-order valence-electron chi connectivity index (χ0n) is 15.3. The van der Waals surface area contributed by atoms with Gasteiger partial charge < -0.3 is 29.9 Å². The summed E-state index contributed by atoms with van der Waals surface area (Å²) in [4.78, 5) is 12.0. The molecule has 12 nitrogen and oxygen atoms in total. The number of hydrogen-bond acceptors (Lipinski definition) is 12. The lowest BCUT2D eigenvalue weighted by molar-refractivity contribution is -0.205. The van der Waals surface area contributed by atoms with Crippen molar-refractivity contribution >= 4 is 33.2 Å². The van der Waals surface area contributed by atoms with Gasteiger partial charge in [-0.3, -0.25) is 4.55 Å². The molecule has 0 spiro atoms. The van der Waals surface area contributed by atoms with Gasteiger partial charge in [-0.1, -0.05) is 35.1 Å². The average molecular weight is 467 g/mol. The number of carbonyl (C=O) groups is 1. The minimum Gasteiger partial charge on any atom is -0.462 e. The molecular weight excluding hydrogens is 446 g/mol. The first-order valence-corrected chi connectivity index (χ1v) is 10.8. The van der Waals surface area contributed by atoms with Crippen molar-refractivity contribution in [3.63, 3.8) is 0 Å². The van der Waals surface area contributed by atoms with Crippen molar-refractivity contribution in [2.24, 2.45) is 5.16 Å². The van der Waals surface area contributed by atoms with Crippen molar-refractivity contribution in [1.29, 1.82) is 0 Å². The summed E-state index contributed by atoms with van der Waals surface area (Å²) in [5.41, 5.74) is -0.999. The fraction of sp³-hybridized carbons (Fsp3) is 0.500. The van der Waals surface area contributed by atoms with Crippen LogP contribution < -0.4 is 0 Å². The number of oxime groups is 1. The van der Waals surface area contributed by atoms with Gasteiger partial charge in [-0.05, 0) is 12.1 Å². The standard InChI is InChI=1S/C16H21NO11S2/c18-8-10-12(19)13(20)14(21)16(27-10)29-11(17-28-30(23,24)25)6-7-26-15(22)9-4-2-1-3-5-9/h1-5,10,12-14,16,18-21H,6-8H2,(H,23,24,25)/b17-11+/t10-,12-,13-,14+,16+/m0/s1. The Labute approximate surface area is 176 Å². The largest absolute Gasteiger partial charge is 0.466 e. The molecule has 14 heteroatoms. The van der Waals surface area contributed by atoms with Crippen molar-refractivity contribution < 1.29 is 51.9 Å². The van der Waals surface area contributed by atoms with Crippen LogP contribution in [0.5, 0.6) is 0 Å². The molecule has 30 heavy (non-hydrogen) atoms. The summed E-state index contributed by atoms with van der Waals surface area (Å²) < 4.78 is 44.6. The number of thioether (sulfide) groups is 1. The van der Waals surface area contributed by atoms with Gasteiger partial charge >= 0.3 is 16.4 Å². The molecule has 0 aliphatic carbocycles. The number of hydrogen-bond donors (Lipinski definition) is 5. The SMILES string of the molecule is O=C(OCC/C(=N\OS(=O)(=O)O)S[C@H]1O[C@@H](CO)[C@H](O)[C@H](O)[C@H]1O)c1ccccc1. The highest BCUT2D eigenvalue weighted by Crippen LogP contribution is 2.30. The highest BCUT2D eigenvalue weighted by molar-refractivity contribution is 8.14. The van der Waals surface area contributed by atoms with Gasteiger partial charge in [0.1, 0.15) is 34.9 Å². The number of ether oxygens (including phenoxy) is 2. The van der Waals surface area contributed by atoms with E-state index in [4.69, 9.17) is 14.0 Å². The van der Waals surface area contributed by atoms with Gasteiger partial charge in [0.25, 0.3) is 0 Å². The number of carbonyl (C=O) groups excluding carboxylic acids is 1. The smallest absolute Gasteiger partial charge is 0.462 e. The van der Waals surface area contributed by atoms with E-state index in [1.54, 1.807) is 18.2 Å². The van der Waals surface area contributed by atoms with E-state index in [0.717, 1.165) is 0 Å². The van der Waals surface area contributed by atoms with Gasteiger partial charge in [-0.15, -0.1) is 0 Å². The Morgan fingerprint density at radius 1 is 1.13 bits per heavy atom. The van der Waals surface area contributed by atoms with Crippen molar-refractivity contribution in [3.05, 3.63) is 35.9 Å². The van der Waals surface area contributed by atoms with Crippen LogP contribution in [-0.2, 0) is 24.2 Å². The summed E-state index contributed by atoms with van der Waals surface area (Å²) in [6.07, 6.45) is -6.26. The maximum absolute atomic E-state index is 12.0. The molecule has 1 fully saturated rings. The Morgan fingerprint density at radius 3 is 2.40 bits per heavy atom. The molecule has 1 aromatic rings. The zero-order chi connectivity index (χ0) is 22.3. The molecule has 1 saturated heterocycles. The molecule has 0 bridgehead atoms. The second-order valence-electron chi connectivity index (χ2n) is 6.05. The molecule has 2 rings (SSSR count). The summed E-state index contributed by atoms with van der Waals surface area (Å²) >= 11 is 0.591. The van der Waals surface area contributed by atoms with Crippen LogP contribution in [0.4, 0.5) is 0 Å². The van der Waals surface area contributed by atoms with E-state index in [1.807, 2.05) is 0 Å². The van der Waals surface area contributed by atoms with Gasteiger partial charge in [-0.25, -0.2) is 9.08 Å². The van der Waals surface area contributed by atoms with E-state index in [1.165, 1.54) is 12.1 Å². The van der Waals surface area contributed by atoms with E-state index in [0.29, 0.717) is 11.8 Å². The number of nitrogens with zero attached hydrogens (tertiary/aromatic N) is 1. The molecule has 1 aliphatic rings. The Kier molecular flexibility index (Phi) is 8.99. The lowest BCUT2D eigenvalue weighted by Gasteiger charge is -2.39. The molecule has 5 atom stereocenters. The molecule has 5 N–H and O–H groups in total. The van der Waals surface area contributed by atoms with Crippen LogP contribution >= 0.6 is 11.8 Å². The first kappa shape index (κ1) is 24.5. The quantitative estimate of drug-likeness (QED) is 0.102. The molecule has 1 heterocycles. The average Bonchev–Trinajstić information content (AvgIpc) is 2.72. The molecule has 0 radical (unpaired) electrons. The maximum Gasteiger partial charge on any atom is 0.466 e. The molecule has 1 aromatic carbocycles. The van der Waals surface area contributed by atoms with Crippen LogP contribution in [0, 0.1) is 0 Å². The molecular formula is C16H21NO11S2. The Bertz CT molecular complexity index is 831.